The third kappa shape index (κ3) is 2.85. The molecule has 96 valence electrons. The molecular formula is C13H19N5. The molecule has 0 aromatic carbocycles. The van der Waals surface area contributed by atoms with Gasteiger partial charge in [0.1, 0.15) is 12.7 Å². The molecule has 0 aliphatic rings. The van der Waals surface area contributed by atoms with E-state index in [9.17, 15) is 0 Å². The Balaban J connectivity index is 2.04. The molecule has 2 rings (SSSR count). The van der Waals surface area contributed by atoms with Crippen molar-refractivity contribution in [1.29, 1.82) is 0 Å². The lowest BCUT2D eigenvalue weighted by molar-refractivity contribution is 0.494. The molecule has 0 amide bonds. The lowest BCUT2D eigenvalue weighted by Crippen LogP contribution is -2.23. The fourth-order valence-corrected chi connectivity index (χ4v) is 1.69. The molecule has 2 aromatic rings. The summed E-state index contributed by atoms with van der Waals surface area (Å²) in [5.74, 6) is 1.41. The standard InChI is InChI=1S/C13H19N5/c1-4-10(2)11(3)17-12-5-6-13(15-7-12)18-9-14-8-16-18/h5-11,17H,4H2,1-3H3. The van der Waals surface area contributed by atoms with Crippen molar-refractivity contribution >= 4 is 5.69 Å². The molecule has 0 fully saturated rings. The summed E-state index contributed by atoms with van der Waals surface area (Å²) in [4.78, 5) is 8.26. The highest BCUT2D eigenvalue weighted by molar-refractivity contribution is 5.44. The van der Waals surface area contributed by atoms with Gasteiger partial charge in [0.05, 0.1) is 11.9 Å². The molecule has 0 radical (unpaired) electrons. The molecule has 1 N–H and O–H groups in total. The highest BCUT2D eigenvalue weighted by Gasteiger charge is 2.09. The van der Waals surface area contributed by atoms with Crippen LogP contribution in [0.2, 0.25) is 0 Å². The number of aromatic nitrogens is 4. The molecule has 5 nitrogen and oxygen atoms in total. The summed E-state index contributed by atoms with van der Waals surface area (Å²) in [6.07, 6.45) is 6.13. The molecule has 0 saturated heterocycles. The molecule has 2 heterocycles. The fraction of sp³-hybridized carbons (Fsp3) is 0.462. The number of pyridine rings is 1. The normalized spacial score (nSPS) is 14.2. The van der Waals surface area contributed by atoms with Gasteiger partial charge in [-0.3, -0.25) is 0 Å². The number of rotatable bonds is 5. The molecule has 0 aliphatic heterocycles. The Hall–Kier alpha value is -1.91. The predicted molar refractivity (Wildman–Crippen MR) is 71.7 cm³/mol. The van der Waals surface area contributed by atoms with Gasteiger partial charge in [-0.25, -0.2) is 14.6 Å². The van der Waals surface area contributed by atoms with Gasteiger partial charge in [0.25, 0.3) is 0 Å². The van der Waals surface area contributed by atoms with Crippen LogP contribution in [-0.2, 0) is 0 Å². The van der Waals surface area contributed by atoms with Gasteiger partial charge < -0.3 is 5.32 Å². The molecule has 2 aromatic heterocycles. The summed E-state index contributed by atoms with van der Waals surface area (Å²) in [6.45, 7) is 6.64. The van der Waals surface area contributed by atoms with Crippen molar-refractivity contribution in [3.63, 3.8) is 0 Å². The van der Waals surface area contributed by atoms with E-state index in [1.807, 2.05) is 18.3 Å². The average molecular weight is 245 g/mol. The zero-order valence-corrected chi connectivity index (χ0v) is 11.0. The topological polar surface area (TPSA) is 55.6 Å². The number of hydrogen-bond donors (Lipinski definition) is 1. The van der Waals surface area contributed by atoms with Crippen LogP contribution in [0.4, 0.5) is 5.69 Å². The highest BCUT2D eigenvalue weighted by Crippen LogP contribution is 2.15. The van der Waals surface area contributed by atoms with Crippen molar-refractivity contribution < 1.29 is 0 Å². The molecule has 5 heteroatoms. The third-order valence-electron chi connectivity index (χ3n) is 3.29. The van der Waals surface area contributed by atoms with Gasteiger partial charge in [-0.2, -0.15) is 5.10 Å². The Morgan fingerprint density at radius 1 is 1.33 bits per heavy atom. The molecule has 2 unspecified atom stereocenters. The van der Waals surface area contributed by atoms with Crippen LogP contribution in [0.15, 0.2) is 31.0 Å². The lowest BCUT2D eigenvalue weighted by atomic mass is 10.0. The summed E-state index contributed by atoms with van der Waals surface area (Å²) in [7, 11) is 0. The SMILES string of the molecule is CCC(C)C(C)Nc1ccc(-n2cncn2)nc1. The summed E-state index contributed by atoms with van der Waals surface area (Å²) in [5.41, 5.74) is 1.03. The molecule has 0 saturated carbocycles. The maximum atomic E-state index is 4.36. The van der Waals surface area contributed by atoms with Crippen LogP contribution >= 0.6 is 0 Å². The minimum absolute atomic E-state index is 0.439. The van der Waals surface area contributed by atoms with Gasteiger partial charge in [-0.15, -0.1) is 0 Å². The van der Waals surface area contributed by atoms with E-state index in [0.717, 1.165) is 11.5 Å². The van der Waals surface area contributed by atoms with Crippen molar-refractivity contribution in [2.45, 2.75) is 33.2 Å². The van der Waals surface area contributed by atoms with Crippen LogP contribution in [-0.4, -0.2) is 25.8 Å². The van der Waals surface area contributed by atoms with Crippen molar-refractivity contribution in [3.8, 4) is 5.82 Å². The predicted octanol–water partition coefficient (Wildman–Crippen LogP) is 2.51. The van der Waals surface area contributed by atoms with E-state index < -0.39 is 0 Å². The number of nitrogens with zero attached hydrogens (tertiary/aromatic N) is 4. The Labute approximate surface area is 107 Å². The van der Waals surface area contributed by atoms with Crippen LogP contribution in [0.5, 0.6) is 0 Å². The second kappa shape index (κ2) is 5.62. The monoisotopic (exact) mass is 245 g/mol. The Kier molecular flexibility index (Phi) is 3.92. The molecular weight excluding hydrogens is 226 g/mol. The first-order chi connectivity index (χ1) is 8.70. The second-order valence-electron chi connectivity index (χ2n) is 4.56. The van der Waals surface area contributed by atoms with Crippen LogP contribution in [0.3, 0.4) is 0 Å². The number of anilines is 1. The van der Waals surface area contributed by atoms with E-state index >= 15 is 0 Å². The van der Waals surface area contributed by atoms with E-state index in [-0.39, 0.29) is 0 Å². The maximum Gasteiger partial charge on any atom is 0.155 e. The Morgan fingerprint density at radius 3 is 2.72 bits per heavy atom. The smallest absolute Gasteiger partial charge is 0.155 e. The van der Waals surface area contributed by atoms with Crippen molar-refractivity contribution in [2.75, 3.05) is 5.32 Å². The summed E-state index contributed by atoms with van der Waals surface area (Å²) in [5, 5.41) is 7.50. The zero-order valence-electron chi connectivity index (χ0n) is 11.0. The van der Waals surface area contributed by atoms with Crippen LogP contribution in [0.1, 0.15) is 27.2 Å². The molecule has 0 aliphatic carbocycles. The van der Waals surface area contributed by atoms with E-state index in [2.05, 4.69) is 41.2 Å². The largest absolute Gasteiger partial charge is 0.381 e. The lowest BCUT2D eigenvalue weighted by Gasteiger charge is -2.20. The summed E-state index contributed by atoms with van der Waals surface area (Å²) >= 11 is 0. The van der Waals surface area contributed by atoms with Gasteiger partial charge in [0, 0.05) is 6.04 Å². The third-order valence-corrected chi connectivity index (χ3v) is 3.29. The summed E-state index contributed by atoms with van der Waals surface area (Å²) < 4.78 is 1.64. The quantitative estimate of drug-likeness (QED) is 0.879. The molecule has 0 bridgehead atoms. The summed E-state index contributed by atoms with van der Waals surface area (Å²) in [6, 6.07) is 4.39. The van der Waals surface area contributed by atoms with Gasteiger partial charge in [0.2, 0.25) is 0 Å². The van der Waals surface area contributed by atoms with Crippen LogP contribution in [0, 0.1) is 5.92 Å². The van der Waals surface area contributed by atoms with Crippen molar-refractivity contribution in [3.05, 3.63) is 31.0 Å². The van der Waals surface area contributed by atoms with Crippen LogP contribution in [0.25, 0.3) is 5.82 Å². The van der Waals surface area contributed by atoms with E-state index in [4.69, 9.17) is 0 Å². The van der Waals surface area contributed by atoms with Gasteiger partial charge in [-0.1, -0.05) is 20.3 Å². The van der Waals surface area contributed by atoms with Crippen molar-refractivity contribution in [2.24, 2.45) is 5.92 Å². The maximum absolute atomic E-state index is 4.36. The van der Waals surface area contributed by atoms with Gasteiger partial charge in [0.15, 0.2) is 5.82 Å². The molecule has 18 heavy (non-hydrogen) atoms. The Bertz CT molecular complexity index is 463. The second-order valence-corrected chi connectivity index (χ2v) is 4.56. The van der Waals surface area contributed by atoms with Crippen LogP contribution < -0.4 is 5.32 Å². The molecule has 2 atom stereocenters. The van der Waals surface area contributed by atoms with Crippen molar-refractivity contribution in [1.82, 2.24) is 19.7 Å². The van der Waals surface area contributed by atoms with Gasteiger partial charge >= 0.3 is 0 Å². The minimum atomic E-state index is 0.439. The first kappa shape index (κ1) is 12.5. The molecule has 0 spiro atoms. The Morgan fingerprint density at radius 2 is 2.17 bits per heavy atom. The highest BCUT2D eigenvalue weighted by atomic mass is 15.3. The first-order valence-electron chi connectivity index (χ1n) is 6.28. The number of hydrogen-bond acceptors (Lipinski definition) is 4. The van der Waals surface area contributed by atoms with E-state index in [0.29, 0.717) is 12.0 Å². The zero-order chi connectivity index (χ0) is 13.0. The average Bonchev–Trinajstić information content (AvgIpc) is 2.92. The minimum Gasteiger partial charge on any atom is -0.381 e. The number of nitrogens with one attached hydrogen (secondary N) is 1. The van der Waals surface area contributed by atoms with E-state index in [1.54, 1.807) is 11.0 Å². The fourth-order valence-electron chi connectivity index (χ4n) is 1.69. The first-order valence-corrected chi connectivity index (χ1v) is 6.28. The van der Waals surface area contributed by atoms with E-state index in [1.165, 1.54) is 12.7 Å². The van der Waals surface area contributed by atoms with Gasteiger partial charge in [-0.05, 0) is 25.0 Å².